The second-order valence-electron chi connectivity index (χ2n) is 5.09. The molecule has 1 aromatic carbocycles. The van der Waals surface area contributed by atoms with Gasteiger partial charge < -0.3 is 14.8 Å². The van der Waals surface area contributed by atoms with E-state index >= 15 is 0 Å². The fourth-order valence-corrected chi connectivity index (χ4v) is 1.68. The van der Waals surface area contributed by atoms with Crippen LogP contribution in [-0.4, -0.2) is 22.6 Å². The fraction of sp³-hybridized carbons (Fsp3) is 0.385. The molecule has 0 amide bonds. The zero-order valence-corrected chi connectivity index (χ0v) is 10.8. The van der Waals surface area contributed by atoms with E-state index in [0.29, 0.717) is 24.1 Å². The third-order valence-electron chi connectivity index (χ3n) is 3.08. The molecule has 0 aliphatic heterocycles. The predicted molar refractivity (Wildman–Crippen MR) is 71.4 cm³/mol. The highest BCUT2D eigenvalue weighted by atomic mass is 16.4. The minimum atomic E-state index is -0.818. The number of hydrogen-bond donors (Lipinski definition) is 3. The van der Waals surface area contributed by atoms with Gasteiger partial charge in [0.25, 0.3) is 0 Å². The Labute approximate surface area is 109 Å². The van der Waals surface area contributed by atoms with Gasteiger partial charge in [0, 0.05) is 18.3 Å². The molecule has 2 rings (SSSR count). The molecular weight excluding hydrogens is 248 g/mol. The first-order chi connectivity index (χ1) is 8.88. The lowest BCUT2D eigenvalue weighted by atomic mass is 9.90. The van der Waals surface area contributed by atoms with E-state index in [2.05, 4.69) is 10.3 Å². The molecule has 6 nitrogen and oxygen atoms in total. The largest absolute Gasteiger partial charge is 0.481 e. The van der Waals surface area contributed by atoms with Gasteiger partial charge >= 0.3 is 11.7 Å². The fourth-order valence-electron chi connectivity index (χ4n) is 1.68. The Hall–Kier alpha value is -2.24. The van der Waals surface area contributed by atoms with Crippen molar-refractivity contribution in [3.8, 4) is 0 Å². The quantitative estimate of drug-likeness (QED) is 0.768. The van der Waals surface area contributed by atoms with E-state index in [0.717, 1.165) is 5.69 Å². The van der Waals surface area contributed by atoms with Crippen LogP contribution in [0.3, 0.4) is 0 Å². The van der Waals surface area contributed by atoms with Gasteiger partial charge in [-0.2, -0.15) is 0 Å². The van der Waals surface area contributed by atoms with E-state index in [9.17, 15) is 9.59 Å². The average Bonchev–Trinajstić information content (AvgIpc) is 2.68. The number of oxazole rings is 1. The standard InChI is InChI=1S/C13H16N2O4/c1-13(2,11(16)17)5-6-14-8-3-4-9-10(7-8)19-12(18)15-9/h3-4,7,14H,5-6H2,1-2H3,(H,15,18)(H,16,17). The average molecular weight is 264 g/mol. The molecule has 0 atom stereocenters. The monoisotopic (exact) mass is 264 g/mol. The van der Waals surface area contributed by atoms with Crippen molar-refractivity contribution in [3.05, 3.63) is 28.7 Å². The number of fused-ring (bicyclic) bond motifs is 1. The number of anilines is 1. The van der Waals surface area contributed by atoms with Crippen LogP contribution in [0.25, 0.3) is 11.1 Å². The smallest absolute Gasteiger partial charge is 0.417 e. The van der Waals surface area contributed by atoms with E-state index in [4.69, 9.17) is 9.52 Å². The summed E-state index contributed by atoms with van der Waals surface area (Å²) in [6, 6.07) is 5.26. The Morgan fingerprint density at radius 2 is 2.21 bits per heavy atom. The van der Waals surface area contributed by atoms with Crippen molar-refractivity contribution >= 4 is 22.8 Å². The van der Waals surface area contributed by atoms with Crippen molar-refractivity contribution in [1.82, 2.24) is 4.98 Å². The molecule has 0 aliphatic rings. The first-order valence-corrected chi connectivity index (χ1v) is 5.99. The molecule has 0 bridgehead atoms. The molecule has 2 aromatic rings. The summed E-state index contributed by atoms with van der Waals surface area (Å²) >= 11 is 0. The van der Waals surface area contributed by atoms with Crippen molar-refractivity contribution in [3.63, 3.8) is 0 Å². The van der Waals surface area contributed by atoms with Gasteiger partial charge in [0.2, 0.25) is 0 Å². The number of H-pyrrole nitrogens is 1. The van der Waals surface area contributed by atoms with Crippen LogP contribution in [-0.2, 0) is 4.79 Å². The summed E-state index contributed by atoms with van der Waals surface area (Å²) < 4.78 is 4.95. The lowest BCUT2D eigenvalue weighted by molar-refractivity contribution is -0.147. The number of nitrogens with one attached hydrogen (secondary N) is 2. The maximum Gasteiger partial charge on any atom is 0.417 e. The molecule has 6 heteroatoms. The van der Waals surface area contributed by atoms with Crippen LogP contribution in [0.2, 0.25) is 0 Å². The molecule has 0 unspecified atom stereocenters. The third-order valence-corrected chi connectivity index (χ3v) is 3.08. The summed E-state index contributed by atoms with van der Waals surface area (Å²) in [6.07, 6.45) is 0.497. The van der Waals surface area contributed by atoms with Crippen LogP contribution < -0.4 is 11.1 Å². The van der Waals surface area contributed by atoms with Gasteiger partial charge in [-0.05, 0) is 32.4 Å². The Morgan fingerprint density at radius 3 is 2.89 bits per heavy atom. The molecule has 0 saturated heterocycles. The Morgan fingerprint density at radius 1 is 1.47 bits per heavy atom. The number of rotatable bonds is 5. The minimum absolute atomic E-state index is 0.479. The molecule has 0 fully saturated rings. The molecule has 0 spiro atoms. The maximum atomic E-state index is 11.0. The molecule has 1 aromatic heterocycles. The number of carboxylic acids is 1. The van der Waals surface area contributed by atoms with Gasteiger partial charge in [0.15, 0.2) is 5.58 Å². The van der Waals surface area contributed by atoms with Gasteiger partial charge in [-0.3, -0.25) is 9.78 Å². The van der Waals surface area contributed by atoms with Crippen LogP contribution in [0.15, 0.2) is 27.4 Å². The molecule has 1 heterocycles. The van der Waals surface area contributed by atoms with E-state index < -0.39 is 17.1 Å². The van der Waals surface area contributed by atoms with Gasteiger partial charge in [-0.25, -0.2) is 4.79 Å². The first-order valence-electron chi connectivity index (χ1n) is 5.99. The van der Waals surface area contributed by atoms with E-state index in [1.165, 1.54) is 0 Å². The van der Waals surface area contributed by atoms with Crippen LogP contribution in [0.4, 0.5) is 5.69 Å². The highest BCUT2D eigenvalue weighted by Gasteiger charge is 2.26. The van der Waals surface area contributed by atoms with Crippen LogP contribution in [0.1, 0.15) is 20.3 Å². The van der Waals surface area contributed by atoms with Crippen LogP contribution >= 0.6 is 0 Å². The number of aromatic nitrogens is 1. The Kier molecular flexibility index (Phi) is 3.33. The van der Waals surface area contributed by atoms with Crippen molar-refractivity contribution in [2.45, 2.75) is 20.3 Å². The van der Waals surface area contributed by atoms with E-state index in [1.807, 2.05) is 6.07 Å². The summed E-state index contributed by atoms with van der Waals surface area (Å²) in [6.45, 7) is 3.90. The van der Waals surface area contributed by atoms with Gasteiger partial charge in [0.05, 0.1) is 10.9 Å². The van der Waals surface area contributed by atoms with Gasteiger partial charge in [-0.15, -0.1) is 0 Å². The minimum Gasteiger partial charge on any atom is -0.481 e. The zero-order valence-electron chi connectivity index (χ0n) is 10.8. The number of carboxylic acid groups (broad SMARTS) is 1. The van der Waals surface area contributed by atoms with Crippen molar-refractivity contribution in [2.24, 2.45) is 5.41 Å². The molecule has 0 radical (unpaired) electrons. The predicted octanol–water partition coefficient (Wildman–Crippen LogP) is 2.03. The summed E-state index contributed by atoms with van der Waals surface area (Å²) in [5.41, 5.74) is 1.14. The molecule has 19 heavy (non-hydrogen) atoms. The summed E-state index contributed by atoms with van der Waals surface area (Å²) in [7, 11) is 0. The third kappa shape index (κ3) is 2.96. The number of aromatic amines is 1. The lowest BCUT2D eigenvalue weighted by Crippen LogP contribution is -2.26. The molecule has 102 valence electrons. The number of aliphatic carboxylic acids is 1. The van der Waals surface area contributed by atoms with E-state index in [-0.39, 0.29) is 0 Å². The maximum absolute atomic E-state index is 11.0. The topological polar surface area (TPSA) is 95.3 Å². The molecule has 0 aliphatic carbocycles. The summed E-state index contributed by atoms with van der Waals surface area (Å²) in [5.74, 6) is -1.31. The molecule has 0 saturated carbocycles. The summed E-state index contributed by atoms with van der Waals surface area (Å²) in [4.78, 5) is 24.5. The summed E-state index contributed by atoms with van der Waals surface area (Å²) in [5, 5.41) is 12.1. The van der Waals surface area contributed by atoms with E-state index in [1.54, 1.807) is 26.0 Å². The SMILES string of the molecule is CC(C)(CCNc1ccc2[nH]c(=O)oc2c1)C(=O)O. The molecule has 3 N–H and O–H groups in total. The lowest BCUT2D eigenvalue weighted by Gasteiger charge is -2.19. The number of carbonyl (C=O) groups is 1. The molecular formula is C13H16N2O4. The zero-order chi connectivity index (χ0) is 14.0. The second kappa shape index (κ2) is 4.79. The van der Waals surface area contributed by atoms with Crippen molar-refractivity contribution < 1.29 is 14.3 Å². The normalized spacial score (nSPS) is 11.7. The van der Waals surface area contributed by atoms with Crippen LogP contribution in [0.5, 0.6) is 0 Å². The highest BCUT2D eigenvalue weighted by molar-refractivity contribution is 5.76. The Bertz CT molecular complexity index is 654. The highest BCUT2D eigenvalue weighted by Crippen LogP contribution is 2.21. The number of benzene rings is 1. The number of hydrogen-bond acceptors (Lipinski definition) is 4. The van der Waals surface area contributed by atoms with Crippen molar-refractivity contribution in [1.29, 1.82) is 0 Å². The first kappa shape index (κ1) is 13.2. The second-order valence-corrected chi connectivity index (χ2v) is 5.09. The Balaban J connectivity index is 2.02. The van der Waals surface area contributed by atoms with Gasteiger partial charge in [0.1, 0.15) is 0 Å². The van der Waals surface area contributed by atoms with Crippen LogP contribution in [0, 0.1) is 5.41 Å². The van der Waals surface area contributed by atoms with Gasteiger partial charge in [-0.1, -0.05) is 0 Å². The van der Waals surface area contributed by atoms with Crippen molar-refractivity contribution in [2.75, 3.05) is 11.9 Å².